The predicted octanol–water partition coefficient (Wildman–Crippen LogP) is 13.1. The zero-order chi connectivity index (χ0) is 34.9. The average molecular weight is 749 g/mol. The van der Waals surface area contributed by atoms with Crippen molar-refractivity contribution in [2.24, 2.45) is 18.1 Å². The minimum atomic E-state index is -3.88. The molecule has 3 rings (SSSR count). The van der Waals surface area contributed by atoms with E-state index in [1.165, 1.54) is 0 Å². The molecule has 0 unspecified atom stereocenters. The van der Waals surface area contributed by atoms with Gasteiger partial charge in [0, 0.05) is 0 Å². The SMILES string of the molecule is CCCOP1(OCCC)=NP(OCCC)(OCCC)=NP(Oc2ccc(C)cc2)(Oc2ccc(C)cc2)=NP(OCCC)(OCCC)=N1. The standard InChI is InChI=1S/C32H56N4O8P4/c1-9-23-37-45(38-24-10-2)33-46(39-25-11-3,40-26-12-4)35-48(43-31-19-15-29(7)16-20-31,44-32-21-17-30(8)18-22-32)36-47(34-45,41-27-13-5)42-28-14-6/h15-22H,9-14,23-28H2,1-8H3. The molecule has 0 aliphatic carbocycles. The highest BCUT2D eigenvalue weighted by atomic mass is 31.3. The van der Waals surface area contributed by atoms with Crippen LogP contribution >= 0.6 is 30.6 Å². The molecule has 1 aliphatic heterocycles. The molecule has 0 amide bonds. The van der Waals surface area contributed by atoms with Crippen LogP contribution in [-0.2, 0) is 27.1 Å². The highest BCUT2D eigenvalue weighted by Crippen LogP contribution is 2.80. The molecule has 48 heavy (non-hydrogen) atoms. The summed E-state index contributed by atoms with van der Waals surface area (Å²) >= 11 is 0. The Hall–Kier alpha value is -1.28. The van der Waals surface area contributed by atoms with E-state index < -0.39 is 30.6 Å². The summed E-state index contributed by atoms with van der Waals surface area (Å²) in [6.07, 6.45) is 4.16. The zero-order valence-corrected chi connectivity index (χ0v) is 33.5. The van der Waals surface area contributed by atoms with Crippen LogP contribution in [0.15, 0.2) is 66.6 Å². The summed E-state index contributed by atoms with van der Waals surface area (Å²) in [6, 6.07) is 15.3. The van der Waals surface area contributed by atoms with E-state index in [2.05, 4.69) is 0 Å². The molecule has 16 heteroatoms. The molecule has 0 saturated carbocycles. The molecule has 0 bridgehead atoms. The zero-order valence-electron chi connectivity index (χ0n) is 29.9. The van der Waals surface area contributed by atoms with Crippen molar-refractivity contribution in [2.45, 2.75) is 93.9 Å². The Morgan fingerprint density at radius 2 is 0.604 bits per heavy atom. The van der Waals surface area contributed by atoms with Crippen LogP contribution in [0.4, 0.5) is 0 Å². The Balaban J connectivity index is 2.60. The Morgan fingerprint density at radius 3 is 0.854 bits per heavy atom. The van der Waals surface area contributed by atoms with Gasteiger partial charge in [-0.25, -0.2) is 0 Å². The van der Waals surface area contributed by atoms with Gasteiger partial charge in [-0.05, 0) is 76.6 Å². The molecule has 0 fully saturated rings. The molecule has 0 radical (unpaired) electrons. The summed E-state index contributed by atoms with van der Waals surface area (Å²) in [6.45, 7) is 18.0. The first-order valence-electron chi connectivity index (χ1n) is 17.1. The van der Waals surface area contributed by atoms with E-state index in [0.29, 0.717) is 89.7 Å². The topological polar surface area (TPSA) is 123 Å². The Morgan fingerprint density at radius 1 is 0.375 bits per heavy atom. The van der Waals surface area contributed by atoms with Crippen LogP contribution < -0.4 is 9.05 Å². The lowest BCUT2D eigenvalue weighted by molar-refractivity contribution is 0.223. The van der Waals surface area contributed by atoms with Crippen molar-refractivity contribution in [1.82, 2.24) is 0 Å². The molecule has 1 heterocycles. The van der Waals surface area contributed by atoms with E-state index >= 15 is 0 Å². The maximum absolute atomic E-state index is 6.83. The van der Waals surface area contributed by atoms with Gasteiger partial charge in [-0.15, -0.1) is 18.1 Å². The second kappa shape index (κ2) is 20.5. The molecule has 0 aromatic heterocycles. The van der Waals surface area contributed by atoms with Crippen LogP contribution in [0.5, 0.6) is 11.5 Å². The molecular weight excluding hydrogens is 692 g/mol. The monoisotopic (exact) mass is 748 g/mol. The van der Waals surface area contributed by atoms with E-state index in [1.54, 1.807) is 0 Å². The molecule has 1 aliphatic rings. The Labute approximate surface area is 289 Å². The van der Waals surface area contributed by atoms with Crippen LogP contribution in [0.1, 0.15) is 91.2 Å². The summed E-state index contributed by atoms with van der Waals surface area (Å²) in [4.78, 5) is 0. The number of benzene rings is 2. The Bertz CT molecular complexity index is 1380. The first-order valence-corrected chi connectivity index (χ1v) is 23.2. The third-order valence-corrected chi connectivity index (χ3v) is 17.4. The molecular formula is C32H56N4O8P4. The van der Waals surface area contributed by atoms with Crippen molar-refractivity contribution >= 4 is 30.6 Å². The third kappa shape index (κ3) is 12.5. The molecule has 0 N–H and O–H groups in total. The number of nitrogens with zero attached hydrogens (tertiary/aromatic N) is 4. The lowest BCUT2D eigenvalue weighted by Gasteiger charge is -2.33. The fraction of sp³-hybridized carbons (Fsp3) is 0.625. The molecule has 0 atom stereocenters. The van der Waals surface area contributed by atoms with Crippen molar-refractivity contribution in [3.05, 3.63) is 59.7 Å². The minimum Gasteiger partial charge on any atom is -0.413 e. The largest absolute Gasteiger partial charge is 0.457 e. The number of aryl methyl sites for hydroxylation is 2. The van der Waals surface area contributed by atoms with Crippen LogP contribution in [0.3, 0.4) is 0 Å². The van der Waals surface area contributed by atoms with Gasteiger partial charge in [-0.1, -0.05) is 76.9 Å². The summed E-state index contributed by atoms with van der Waals surface area (Å²) in [5.41, 5.74) is 2.14. The number of hydrogen-bond donors (Lipinski definition) is 0. The molecule has 0 spiro atoms. The van der Waals surface area contributed by atoms with E-state index in [0.717, 1.165) is 11.1 Å². The normalized spacial score (nSPS) is 17.5. The average Bonchev–Trinajstić information content (AvgIpc) is 3.07. The van der Waals surface area contributed by atoms with Gasteiger partial charge in [0.25, 0.3) is 0 Å². The first-order chi connectivity index (χ1) is 23.1. The predicted molar refractivity (Wildman–Crippen MR) is 198 cm³/mol. The summed E-state index contributed by atoms with van der Waals surface area (Å²) in [5.74, 6) is 0.987. The second-order valence-corrected chi connectivity index (χ2v) is 19.8. The highest BCUT2D eigenvalue weighted by molar-refractivity contribution is 7.78. The lowest BCUT2D eigenvalue weighted by Crippen LogP contribution is -2.08. The Kier molecular flexibility index (Phi) is 17.6. The minimum absolute atomic E-state index is 0.306. The van der Waals surface area contributed by atoms with Crippen molar-refractivity contribution < 1.29 is 36.2 Å². The van der Waals surface area contributed by atoms with Crippen LogP contribution in [0, 0.1) is 13.8 Å². The highest BCUT2D eigenvalue weighted by Gasteiger charge is 2.45. The van der Waals surface area contributed by atoms with Gasteiger partial charge < -0.3 is 36.2 Å². The number of hydrogen-bond acceptors (Lipinski definition) is 12. The van der Waals surface area contributed by atoms with Gasteiger partial charge in [0.2, 0.25) is 0 Å². The third-order valence-electron chi connectivity index (χ3n) is 6.18. The van der Waals surface area contributed by atoms with Gasteiger partial charge in [0.15, 0.2) is 0 Å². The number of rotatable bonds is 22. The maximum atomic E-state index is 6.83. The summed E-state index contributed by atoms with van der Waals surface area (Å²) < 4.78 is 74.1. The molecule has 2 aromatic carbocycles. The molecule has 272 valence electrons. The summed E-state index contributed by atoms with van der Waals surface area (Å²) in [7, 11) is -14.7. The van der Waals surface area contributed by atoms with Gasteiger partial charge >= 0.3 is 30.6 Å². The van der Waals surface area contributed by atoms with E-state index in [9.17, 15) is 0 Å². The van der Waals surface area contributed by atoms with Crippen LogP contribution in [0.2, 0.25) is 0 Å². The summed E-state index contributed by atoms with van der Waals surface area (Å²) in [5, 5.41) is 0. The van der Waals surface area contributed by atoms with Gasteiger partial charge in [0.1, 0.15) is 11.5 Å². The maximum Gasteiger partial charge on any atom is 0.457 e. The van der Waals surface area contributed by atoms with E-state index in [4.69, 9.17) is 54.3 Å². The molecule has 0 saturated heterocycles. The van der Waals surface area contributed by atoms with Gasteiger partial charge in [-0.2, -0.15) is 0 Å². The van der Waals surface area contributed by atoms with E-state index in [1.807, 2.05) is 104 Å². The van der Waals surface area contributed by atoms with Gasteiger partial charge in [0.05, 0.1) is 39.6 Å². The van der Waals surface area contributed by atoms with Crippen molar-refractivity contribution in [3.8, 4) is 11.5 Å². The van der Waals surface area contributed by atoms with Crippen LogP contribution in [0.25, 0.3) is 0 Å². The van der Waals surface area contributed by atoms with Crippen molar-refractivity contribution in [1.29, 1.82) is 0 Å². The van der Waals surface area contributed by atoms with E-state index in [-0.39, 0.29) is 0 Å². The van der Waals surface area contributed by atoms with Crippen molar-refractivity contribution in [2.75, 3.05) is 39.6 Å². The smallest absolute Gasteiger partial charge is 0.413 e. The quantitative estimate of drug-likeness (QED) is 0.109. The fourth-order valence-electron chi connectivity index (χ4n) is 3.89. The second-order valence-electron chi connectivity index (χ2n) is 11.1. The first kappa shape index (κ1) is 41.1. The fourth-order valence-corrected chi connectivity index (χ4v) is 17.0. The van der Waals surface area contributed by atoms with Gasteiger partial charge in [-0.3, -0.25) is 0 Å². The molecule has 2 aromatic rings. The van der Waals surface area contributed by atoms with Crippen LogP contribution in [-0.4, -0.2) is 39.6 Å². The molecule has 12 nitrogen and oxygen atoms in total. The van der Waals surface area contributed by atoms with Crippen molar-refractivity contribution in [3.63, 3.8) is 0 Å². The lowest BCUT2D eigenvalue weighted by atomic mass is 10.2.